The SMILES string of the molecule is COC(C)C(O)Cc1ccccc1F. The van der Waals surface area contributed by atoms with Crippen molar-refractivity contribution in [1.82, 2.24) is 0 Å². The number of aliphatic hydroxyl groups is 1. The van der Waals surface area contributed by atoms with E-state index in [2.05, 4.69) is 0 Å². The fourth-order valence-corrected chi connectivity index (χ4v) is 1.21. The van der Waals surface area contributed by atoms with Crippen LogP contribution in [0.2, 0.25) is 0 Å². The van der Waals surface area contributed by atoms with Gasteiger partial charge in [-0.3, -0.25) is 0 Å². The molecule has 0 aliphatic heterocycles. The molecular formula is C11H15FO2. The fraction of sp³-hybridized carbons (Fsp3) is 0.455. The van der Waals surface area contributed by atoms with Crippen LogP contribution in [0.15, 0.2) is 24.3 Å². The van der Waals surface area contributed by atoms with Crippen molar-refractivity contribution in [3.63, 3.8) is 0 Å². The molecule has 0 bridgehead atoms. The van der Waals surface area contributed by atoms with Gasteiger partial charge in [-0.15, -0.1) is 0 Å². The van der Waals surface area contributed by atoms with Gasteiger partial charge in [0.1, 0.15) is 5.82 Å². The average molecular weight is 198 g/mol. The minimum absolute atomic E-state index is 0.279. The predicted molar refractivity (Wildman–Crippen MR) is 52.6 cm³/mol. The van der Waals surface area contributed by atoms with Crippen molar-refractivity contribution >= 4 is 0 Å². The van der Waals surface area contributed by atoms with Crippen LogP contribution in [-0.4, -0.2) is 24.4 Å². The second-order valence-electron chi connectivity index (χ2n) is 3.30. The number of benzene rings is 1. The monoisotopic (exact) mass is 198 g/mol. The van der Waals surface area contributed by atoms with Gasteiger partial charge < -0.3 is 9.84 Å². The van der Waals surface area contributed by atoms with Crippen LogP contribution in [0.5, 0.6) is 0 Å². The third-order valence-corrected chi connectivity index (χ3v) is 2.30. The van der Waals surface area contributed by atoms with Crippen LogP contribution in [0.3, 0.4) is 0 Å². The molecule has 0 saturated carbocycles. The third kappa shape index (κ3) is 2.79. The zero-order valence-corrected chi connectivity index (χ0v) is 8.40. The fourth-order valence-electron chi connectivity index (χ4n) is 1.21. The first-order chi connectivity index (χ1) is 6.65. The van der Waals surface area contributed by atoms with Crippen LogP contribution in [-0.2, 0) is 11.2 Å². The van der Waals surface area contributed by atoms with Crippen molar-refractivity contribution < 1.29 is 14.2 Å². The second kappa shape index (κ2) is 5.08. The molecule has 0 aliphatic carbocycles. The van der Waals surface area contributed by atoms with Gasteiger partial charge in [-0.1, -0.05) is 18.2 Å². The molecule has 0 spiro atoms. The number of ether oxygens (including phenoxy) is 1. The van der Waals surface area contributed by atoms with E-state index in [-0.39, 0.29) is 18.3 Å². The largest absolute Gasteiger partial charge is 0.390 e. The standard InChI is InChI=1S/C11H15FO2/c1-8(14-2)11(13)7-9-5-3-4-6-10(9)12/h3-6,8,11,13H,7H2,1-2H3. The highest BCUT2D eigenvalue weighted by Gasteiger charge is 2.15. The molecule has 2 unspecified atom stereocenters. The van der Waals surface area contributed by atoms with Gasteiger partial charge in [0, 0.05) is 13.5 Å². The Morgan fingerprint density at radius 2 is 2.07 bits per heavy atom. The maximum Gasteiger partial charge on any atom is 0.126 e. The Morgan fingerprint density at radius 1 is 1.43 bits per heavy atom. The Bertz CT molecular complexity index is 288. The molecule has 0 aromatic heterocycles. The van der Waals surface area contributed by atoms with Crippen molar-refractivity contribution in [3.8, 4) is 0 Å². The highest BCUT2D eigenvalue weighted by molar-refractivity contribution is 5.18. The normalized spacial score (nSPS) is 15.1. The third-order valence-electron chi connectivity index (χ3n) is 2.30. The summed E-state index contributed by atoms with van der Waals surface area (Å²) in [7, 11) is 1.52. The van der Waals surface area contributed by atoms with E-state index in [0.717, 1.165) is 0 Å². The maximum atomic E-state index is 13.2. The zero-order valence-electron chi connectivity index (χ0n) is 8.40. The van der Waals surface area contributed by atoms with E-state index >= 15 is 0 Å². The highest BCUT2D eigenvalue weighted by atomic mass is 19.1. The van der Waals surface area contributed by atoms with Crippen molar-refractivity contribution in [2.75, 3.05) is 7.11 Å². The summed E-state index contributed by atoms with van der Waals surface area (Å²) in [5.41, 5.74) is 0.518. The molecule has 2 nitrogen and oxygen atoms in total. The van der Waals surface area contributed by atoms with Crippen LogP contribution >= 0.6 is 0 Å². The summed E-state index contributed by atoms with van der Waals surface area (Å²) in [5.74, 6) is -0.283. The molecule has 0 heterocycles. The molecule has 0 radical (unpaired) electrons. The first-order valence-electron chi connectivity index (χ1n) is 4.59. The summed E-state index contributed by atoms with van der Waals surface area (Å²) in [4.78, 5) is 0. The molecule has 1 aromatic rings. The number of halogens is 1. The summed E-state index contributed by atoms with van der Waals surface area (Å²) < 4.78 is 18.1. The van der Waals surface area contributed by atoms with Crippen LogP contribution in [0.1, 0.15) is 12.5 Å². The van der Waals surface area contributed by atoms with Crippen molar-refractivity contribution in [2.45, 2.75) is 25.6 Å². The minimum atomic E-state index is -0.670. The number of rotatable bonds is 4. The molecule has 1 N–H and O–H groups in total. The summed E-state index contributed by atoms with van der Waals surface area (Å²) in [5, 5.41) is 9.60. The van der Waals surface area contributed by atoms with E-state index in [1.54, 1.807) is 25.1 Å². The van der Waals surface area contributed by atoms with Crippen molar-refractivity contribution in [3.05, 3.63) is 35.6 Å². The first-order valence-corrected chi connectivity index (χ1v) is 4.59. The van der Waals surface area contributed by atoms with Gasteiger partial charge in [0.25, 0.3) is 0 Å². The number of methoxy groups -OCH3 is 1. The Hall–Kier alpha value is -0.930. The van der Waals surface area contributed by atoms with Crippen LogP contribution in [0, 0.1) is 5.82 Å². The molecule has 0 amide bonds. The van der Waals surface area contributed by atoms with Crippen LogP contribution in [0.4, 0.5) is 4.39 Å². The quantitative estimate of drug-likeness (QED) is 0.798. The lowest BCUT2D eigenvalue weighted by Crippen LogP contribution is -2.27. The summed E-state index contributed by atoms with van der Waals surface area (Å²) in [6.07, 6.45) is -0.673. The van der Waals surface area contributed by atoms with Crippen molar-refractivity contribution in [1.29, 1.82) is 0 Å². The topological polar surface area (TPSA) is 29.5 Å². The summed E-state index contributed by atoms with van der Waals surface area (Å²) in [6, 6.07) is 6.44. The molecule has 0 saturated heterocycles. The summed E-state index contributed by atoms with van der Waals surface area (Å²) >= 11 is 0. The lowest BCUT2D eigenvalue weighted by atomic mass is 10.0. The van der Waals surface area contributed by atoms with E-state index in [9.17, 15) is 9.50 Å². The molecule has 3 heteroatoms. The van der Waals surface area contributed by atoms with Crippen LogP contribution < -0.4 is 0 Å². The van der Waals surface area contributed by atoms with Gasteiger partial charge in [-0.2, -0.15) is 0 Å². The van der Waals surface area contributed by atoms with E-state index in [0.29, 0.717) is 5.56 Å². The van der Waals surface area contributed by atoms with E-state index < -0.39 is 6.10 Å². The lowest BCUT2D eigenvalue weighted by Gasteiger charge is -2.17. The Balaban J connectivity index is 2.64. The number of hydrogen-bond donors (Lipinski definition) is 1. The molecule has 14 heavy (non-hydrogen) atoms. The minimum Gasteiger partial charge on any atom is -0.390 e. The molecular weight excluding hydrogens is 183 g/mol. The molecule has 1 rings (SSSR count). The molecule has 1 aromatic carbocycles. The van der Waals surface area contributed by atoms with Gasteiger partial charge in [-0.05, 0) is 18.6 Å². The Morgan fingerprint density at radius 3 is 2.64 bits per heavy atom. The molecule has 2 atom stereocenters. The highest BCUT2D eigenvalue weighted by Crippen LogP contribution is 2.11. The first kappa shape index (κ1) is 11.1. The number of hydrogen-bond acceptors (Lipinski definition) is 2. The van der Waals surface area contributed by atoms with E-state index in [4.69, 9.17) is 4.74 Å². The van der Waals surface area contributed by atoms with Gasteiger partial charge in [0.05, 0.1) is 12.2 Å². The van der Waals surface area contributed by atoms with E-state index in [1.807, 2.05) is 0 Å². The number of aliphatic hydroxyl groups excluding tert-OH is 1. The van der Waals surface area contributed by atoms with Gasteiger partial charge in [-0.25, -0.2) is 4.39 Å². The summed E-state index contributed by atoms with van der Waals surface area (Å²) in [6.45, 7) is 1.76. The molecule has 0 fully saturated rings. The maximum absolute atomic E-state index is 13.2. The molecule has 78 valence electrons. The average Bonchev–Trinajstić information content (AvgIpc) is 2.20. The predicted octanol–water partition coefficient (Wildman–Crippen LogP) is 1.76. The van der Waals surface area contributed by atoms with E-state index in [1.165, 1.54) is 13.2 Å². The molecule has 0 aliphatic rings. The zero-order chi connectivity index (χ0) is 10.6. The van der Waals surface area contributed by atoms with Gasteiger partial charge in [0.2, 0.25) is 0 Å². The second-order valence-corrected chi connectivity index (χ2v) is 3.30. The lowest BCUT2D eigenvalue weighted by molar-refractivity contribution is 0.0000451. The van der Waals surface area contributed by atoms with Crippen molar-refractivity contribution in [2.24, 2.45) is 0 Å². The Labute approximate surface area is 83.3 Å². The van der Waals surface area contributed by atoms with Gasteiger partial charge >= 0.3 is 0 Å². The smallest absolute Gasteiger partial charge is 0.126 e. The van der Waals surface area contributed by atoms with Crippen LogP contribution in [0.25, 0.3) is 0 Å². The van der Waals surface area contributed by atoms with Gasteiger partial charge in [0.15, 0.2) is 0 Å². The Kier molecular flexibility index (Phi) is 4.04.